The van der Waals surface area contributed by atoms with E-state index in [0.29, 0.717) is 0 Å². The van der Waals surface area contributed by atoms with Crippen LogP contribution in [0.5, 0.6) is 5.75 Å². The largest absolute Gasteiger partial charge is 0.494 e. The number of hydrogen-bond donors (Lipinski definition) is 0. The van der Waals surface area contributed by atoms with Gasteiger partial charge in [0, 0.05) is 0 Å². The fraction of sp³-hybridized carbons (Fsp3) is 0.438. The highest BCUT2D eigenvalue weighted by atomic mass is 16.5. The molecule has 1 rings (SSSR count). The molecule has 1 aromatic rings. The van der Waals surface area contributed by atoms with Crippen LogP contribution in [0.25, 0.3) is 0 Å². The van der Waals surface area contributed by atoms with Crippen molar-refractivity contribution in [1.82, 2.24) is 0 Å². The monoisotopic (exact) mass is 232 g/mol. The zero-order chi connectivity index (χ0) is 12.9. The summed E-state index contributed by atoms with van der Waals surface area (Å²) in [4.78, 5) is 0. The molecule has 0 spiro atoms. The number of allylic oxidation sites excluding steroid dienone is 1. The third-order valence-corrected chi connectivity index (χ3v) is 2.11. The summed E-state index contributed by atoms with van der Waals surface area (Å²) in [7, 11) is 0. The van der Waals surface area contributed by atoms with Crippen LogP contribution in [0.3, 0.4) is 0 Å². The van der Waals surface area contributed by atoms with Crippen LogP contribution >= 0.6 is 0 Å². The lowest BCUT2D eigenvalue weighted by Crippen LogP contribution is -1.96. The highest BCUT2D eigenvalue weighted by Crippen LogP contribution is 2.08. The van der Waals surface area contributed by atoms with E-state index in [2.05, 4.69) is 19.2 Å². The third-order valence-electron chi connectivity index (χ3n) is 2.11. The van der Waals surface area contributed by atoms with Gasteiger partial charge in [-0.3, -0.25) is 0 Å². The lowest BCUT2D eigenvalue weighted by molar-refractivity contribution is 0.306. The molecule has 17 heavy (non-hydrogen) atoms. The standard InChI is InChI=1S/C11H16O.C5H8/c1-2-3-7-10-12-11-8-5-4-6-9-11;1-4-5(2)3/h4-6,8-9H,2-3,7,10H2,1H3;1H2,2-3H3. The van der Waals surface area contributed by atoms with E-state index in [4.69, 9.17) is 4.74 Å². The average molecular weight is 232 g/mol. The van der Waals surface area contributed by atoms with Crippen LogP contribution in [0.1, 0.15) is 40.0 Å². The predicted octanol–water partition coefficient (Wildman–Crippen LogP) is 4.99. The van der Waals surface area contributed by atoms with Gasteiger partial charge >= 0.3 is 0 Å². The molecule has 0 aliphatic carbocycles. The lowest BCUT2D eigenvalue weighted by atomic mass is 10.3. The smallest absolute Gasteiger partial charge is 0.119 e. The third kappa shape index (κ3) is 10.8. The van der Waals surface area contributed by atoms with Crippen LogP contribution < -0.4 is 4.74 Å². The van der Waals surface area contributed by atoms with Gasteiger partial charge in [0.1, 0.15) is 5.75 Å². The van der Waals surface area contributed by atoms with E-state index in [0.717, 1.165) is 24.4 Å². The molecule has 0 radical (unpaired) electrons. The van der Waals surface area contributed by atoms with Crippen molar-refractivity contribution in [3.8, 4) is 5.75 Å². The molecule has 0 aliphatic rings. The highest BCUT2D eigenvalue weighted by Gasteiger charge is 1.89. The Labute approximate surface area is 106 Å². The van der Waals surface area contributed by atoms with Gasteiger partial charge in [0.05, 0.1) is 6.61 Å². The molecule has 0 aromatic heterocycles. The fourth-order valence-electron chi connectivity index (χ4n) is 1.06. The second-order valence-corrected chi connectivity index (χ2v) is 4.05. The molecule has 0 heterocycles. The number of para-hydroxylation sites is 1. The molecule has 0 aliphatic heterocycles. The van der Waals surface area contributed by atoms with Gasteiger partial charge in [0.25, 0.3) is 0 Å². The van der Waals surface area contributed by atoms with Gasteiger partial charge in [-0.15, -0.1) is 5.73 Å². The summed E-state index contributed by atoms with van der Waals surface area (Å²) in [5, 5.41) is 0. The quantitative estimate of drug-likeness (QED) is 0.513. The van der Waals surface area contributed by atoms with Crippen molar-refractivity contribution in [2.45, 2.75) is 40.0 Å². The van der Waals surface area contributed by atoms with Crippen LogP contribution in [0.4, 0.5) is 0 Å². The molecule has 0 saturated heterocycles. The van der Waals surface area contributed by atoms with Crippen molar-refractivity contribution >= 4 is 0 Å². The first-order chi connectivity index (χ1) is 8.20. The van der Waals surface area contributed by atoms with E-state index in [1.165, 1.54) is 12.8 Å². The Kier molecular flexibility index (Phi) is 10.1. The lowest BCUT2D eigenvalue weighted by Gasteiger charge is -2.04. The van der Waals surface area contributed by atoms with Crippen molar-refractivity contribution < 1.29 is 4.74 Å². The van der Waals surface area contributed by atoms with Crippen molar-refractivity contribution in [3.63, 3.8) is 0 Å². The summed E-state index contributed by atoms with van der Waals surface area (Å²) in [6, 6.07) is 9.97. The molecule has 1 heteroatoms. The molecule has 0 saturated carbocycles. The van der Waals surface area contributed by atoms with E-state index in [-0.39, 0.29) is 0 Å². The molecule has 1 aromatic carbocycles. The van der Waals surface area contributed by atoms with Crippen molar-refractivity contribution in [3.05, 3.63) is 48.2 Å². The second kappa shape index (κ2) is 11.0. The van der Waals surface area contributed by atoms with Gasteiger partial charge < -0.3 is 4.74 Å². The van der Waals surface area contributed by atoms with E-state index < -0.39 is 0 Å². The molecule has 0 bridgehead atoms. The van der Waals surface area contributed by atoms with E-state index in [9.17, 15) is 0 Å². The van der Waals surface area contributed by atoms with Gasteiger partial charge in [-0.2, -0.15) is 0 Å². The molecule has 94 valence electrons. The molecular formula is C16H24O. The van der Waals surface area contributed by atoms with Crippen LogP contribution in [0, 0.1) is 0 Å². The maximum Gasteiger partial charge on any atom is 0.119 e. The van der Waals surface area contributed by atoms with E-state index in [1.54, 1.807) is 0 Å². The highest BCUT2D eigenvalue weighted by molar-refractivity contribution is 5.20. The maximum atomic E-state index is 5.51. The average Bonchev–Trinajstić information content (AvgIpc) is 2.37. The van der Waals surface area contributed by atoms with Crippen LogP contribution in [-0.2, 0) is 0 Å². The second-order valence-electron chi connectivity index (χ2n) is 4.05. The molecule has 0 unspecified atom stereocenters. The maximum absolute atomic E-state index is 5.51. The predicted molar refractivity (Wildman–Crippen MR) is 75.5 cm³/mol. The molecule has 0 amide bonds. The Morgan fingerprint density at radius 1 is 1.18 bits per heavy atom. The Morgan fingerprint density at radius 3 is 2.24 bits per heavy atom. The molecule has 1 nitrogen and oxygen atoms in total. The van der Waals surface area contributed by atoms with Gasteiger partial charge in [0.2, 0.25) is 0 Å². The Bertz CT molecular complexity index is 317. The minimum Gasteiger partial charge on any atom is -0.494 e. The summed E-state index contributed by atoms with van der Waals surface area (Å²) >= 11 is 0. The van der Waals surface area contributed by atoms with Gasteiger partial charge in [0.15, 0.2) is 0 Å². The van der Waals surface area contributed by atoms with Crippen LogP contribution in [-0.4, -0.2) is 6.61 Å². The zero-order valence-electron chi connectivity index (χ0n) is 11.3. The first-order valence-electron chi connectivity index (χ1n) is 6.21. The number of rotatable bonds is 5. The van der Waals surface area contributed by atoms with Gasteiger partial charge in [-0.25, -0.2) is 0 Å². The number of unbranched alkanes of at least 4 members (excludes halogenated alkanes) is 2. The molecule has 0 fully saturated rings. The number of hydrogen-bond acceptors (Lipinski definition) is 1. The van der Waals surface area contributed by atoms with E-state index >= 15 is 0 Å². The molecule has 0 N–H and O–H groups in total. The number of ether oxygens (including phenoxy) is 1. The zero-order valence-corrected chi connectivity index (χ0v) is 11.3. The van der Waals surface area contributed by atoms with Crippen LogP contribution in [0.15, 0.2) is 48.2 Å². The SMILES string of the molecule is C=C=C(C)C.CCCCCOc1ccccc1. The van der Waals surface area contributed by atoms with Crippen molar-refractivity contribution in [2.24, 2.45) is 0 Å². The van der Waals surface area contributed by atoms with Gasteiger partial charge in [-0.1, -0.05) is 44.5 Å². The minimum absolute atomic E-state index is 0.845. The fourth-order valence-corrected chi connectivity index (χ4v) is 1.06. The topological polar surface area (TPSA) is 9.23 Å². The first kappa shape index (κ1) is 15.5. The normalized spacial score (nSPS) is 8.65. The molecule has 0 atom stereocenters. The minimum atomic E-state index is 0.845. The summed E-state index contributed by atoms with van der Waals surface area (Å²) < 4.78 is 5.51. The Hall–Kier alpha value is -1.46. The van der Waals surface area contributed by atoms with Crippen LogP contribution in [0.2, 0.25) is 0 Å². The first-order valence-corrected chi connectivity index (χ1v) is 6.21. The Balaban J connectivity index is 0.000000437. The van der Waals surface area contributed by atoms with Crippen molar-refractivity contribution in [1.29, 1.82) is 0 Å². The molecular weight excluding hydrogens is 208 g/mol. The summed E-state index contributed by atoms with van der Waals surface area (Å²) in [6.07, 6.45) is 3.66. The summed E-state index contributed by atoms with van der Waals surface area (Å²) in [6.45, 7) is 10.4. The van der Waals surface area contributed by atoms with E-state index in [1.807, 2.05) is 44.2 Å². The summed E-state index contributed by atoms with van der Waals surface area (Å²) in [5.74, 6) is 0.980. The van der Waals surface area contributed by atoms with Gasteiger partial charge in [-0.05, 0) is 38.0 Å². The summed E-state index contributed by atoms with van der Waals surface area (Å²) in [5.41, 5.74) is 3.84. The van der Waals surface area contributed by atoms with Crippen molar-refractivity contribution in [2.75, 3.05) is 6.61 Å². The Morgan fingerprint density at radius 2 is 1.76 bits per heavy atom. The number of benzene rings is 1.